The van der Waals surface area contributed by atoms with Gasteiger partial charge in [0.2, 0.25) is 0 Å². The number of aryl methyl sites for hydroxylation is 1. The third-order valence-corrected chi connectivity index (χ3v) is 3.69. The Morgan fingerprint density at radius 3 is 2.71 bits per heavy atom. The van der Waals surface area contributed by atoms with Crippen LogP contribution in [-0.2, 0) is 0 Å². The van der Waals surface area contributed by atoms with Crippen molar-refractivity contribution in [1.29, 1.82) is 0 Å². The Morgan fingerprint density at radius 1 is 1.29 bits per heavy atom. The highest BCUT2D eigenvalue weighted by Crippen LogP contribution is 2.26. The van der Waals surface area contributed by atoms with Crippen LogP contribution in [0.25, 0.3) is 0 Å². The minimum atomic E-state index is 0.200. The van der Waals surface area contributed by atoms with Crippen LogP contribution >= 0.6 is 15.9 Å². The van der Waals surface area contributed by atoms with Gasteiger partial charge < -0.3 is 9.73 Å². The summed E-state index contributed by atoms with van der Waals surface area (Å²) < 4.78 is 6.31. The van der Waals surface area contributed by atoms with Crippen LogP contribution in [0.5, 0.6) is 0 Å². The monoisotopic (exact) mass is 293 g/mol. The number of nitrogens with one attached hydrogen (secondary N) is 1. The fourth-order valence-corrected chi connectivity index (χ4v) is 2.17. The smallest absolute Gasteiger partial charge is 0.0953 e. The van der Waals surface area contributed by atoms with Gasteiger partial charge in [-0.05, 0) is 36.7 Å². The van der Waals surface area contributed by atoms with Gasteiger partial charge in [0.15, 0.2) is 0 Å². The van der Waals surface area contributed by atoms with Crippen molar-refractivity contribution in [3.05, 3.63) is 58.0 Å². The average Bonchev–Trinajstić information content (AvgIpc) is 2.83. The van der Waals surface area contributed by atoms with Crippen LogP contribution in [0.15, 0.2) is 45.7 Å². The molecule has 0 bridgehead atoms. The predicted molar refractivity (Wildman–Crippen MR) is 73.1 cm³/mol. The summed E-state index contributed by atoms with van der Waals surface area (Å²) in [7, 11) is 0. The number of hydrogen-bond donors (Lipinski definition) is 1. The van der Waals surface area contributed by atoms with Gasteiger partial charge in [0.1, 0.15) is 0 Å². The van der Waals surface area contributed by atoms with Gasteiger partial charge in [-0.1, -0.05) is 35.0 Å². The topological polar surface area (TPSA) is 25.2 Å². The molecule has 0 saturated carbocycles. The van der Waals surface area contributed by atoms with Gasteiger partial charge in [-0.3, -0.25) is 0 Å². The first-order valence-corrected chi connectivity index (χ1v) is 6.53. The summed E-state index contributed by atoms with van der Waals surface area (Å²) in [6, 6.07) is 8.63. The van der Waals surface area contributed by atoms with Crippen LogP contribution in [-0.4, -0.2) is 6.54 Å². The summed E-state index contributed by atoms with van der Waals surface area (Å²) in [5.41, 5.74) is 3.66. The van der Waals surface area contributed by atoms with E-state index in [0.29, 0.717) is 0 Å². The minimum Gasteiger partial charge on any atom is -0.472 e. The van der Waals surface area contributed by atoms with Crippen molar-refractivity contribution in [3.8, 4) is 0 Å². The number of furan rings is 1. The molecule has 1 unspecified atom stereocenters. The Morgan fingerprint density at radius 2 is 2.12 bits per heavy atom. The van der Waals surface area contributed by atoms with Gasteiger partial charge >= 0.3 is 0 Å². The normalized spacial score (nSPS) is 12.6. The average molecular weight is 294 g/mol. The zero-order valence-electron chi connectivity index (χ0n) is 10.0. The molecule has 1 atom stereocenters. The molecule has 1 aromatic carbocycles. The maximum Gasteiger partial charge on any atom is 0.0953 e. The fraction of sp³-hybridized carbons (Fsp3) is 0.286. The Hall–Kier alpha value is -1.06. The van der Waals surface area contributed by atoms with Gasteiger partial charge in [-0.25, -0.2) is 0 Å². The fourth-order valence-electron chi connectivity index (χ4n) is 1.92. The van der Waals surface area contributed by atoms with Crippen molar-refractivity contribution in [2.24, 2.45) is 0 Å². The Balaban J connectivity index is 2.35. The highest BCUT2D eigenvalue weighted by Gasteiger charge is 2.14. The lowest BCUT2D eigenvalue weighted by atomic mass is 9.99. The SMILES string of the molecule is CCNC(c1ccoc1)c1ccc(Br)c(C)c1. The van der Waals surface area contributed by atoms with E-state index in [1.165, 1.54) is 11.1 Å². The first kappa shape index (κ1) is 12.4. The number of hydrogen-bond acceptors (Lipinski definition) is 2. The van der Waals surface area contributed by atoms with E-state index in [9.17, 15) is 0 Å². The van der Waals surface area contributed by atoms with E-state index in [1.54, 1.807) is 12.5 Å². The molecule has 90 valence electrons. The molecule has 0 radical (unpaired) electrons. The maximum absolute atomic E-state index is 5.17. The first-order chi connectivity index (χ1) is 8.22. The van der Waals surface area contributed by atoms with E-state index in [2.05, 4.69) is 53.3 Å². The van der Waals surface area contributed by atoms with Gasteiger partial charge in [0, 0.05) is 10.0 Å². The summed E-state index contributed by atoms with van der Waals surface area (Å²) in [4.78, 5) is 0. The Kier molecular flexibility index (Phi) is 4.02. The Bertz CT molecular complexity index is 479. The lowest BCUT2D eigenvalue weighted by Crippen LogP contribution is -2.21. The van der Waals surface area contributed by atoms with Gasteiger partial charge in [-0.2, -0.15) is 0 Å². The standard InChI is InChI=1S/C14H16BrNO/c1-3-16-14(12-6-7-17-9-12)11-4-5-13(15)10(2)8-11/h4-9,14,16H,3H2,1-2H3. The predicted octanol–water partition coefficient (Wildman–Crippen LogP) is 4.05. The van der Waals surface area contributed by atoms with E-state index in [4.69, 9.17) is 4.42 Å². The largest absolute Gasteiger partial charge is 0.472 e. The number of benzene rings is 1. The van der Waals surface area contributed by atoms with Crippen molar-refractivity contribution < 1.29 is 4.42 Å². The number of halogens is 1. The molecule has 17 heavy (non-hydrogen) atoms. The molecule has 2 rings (SSSR count). The summed E-state index contributed by atoms with van der Waals surface area (Å²) in [5.74, 6) is 0. The van der Waals surface area contributed by atoms with E-state index in [0.717, 1.165) is 16.6 Å². The van der Waals surface area contributed by atoms with Crippen LogP contribution in [0.1, 0.15) is 29.7 Å². The van der Waals surface area contributed by atoms with E-state index in [1.807, 2.05) is 6.07 Å². The Labute approximate surface area is 110 Å². The van der Waals surface area contributed by atoms with Crippen molar-refractivity contribution >= 4 is 15.9 Å². The van der Waals surface area contributed by atoms with Crippen LogP contribution in [0.3, 0.4) is 0 Å². The van der Waals surface area contributed by atoms with E-state index in [-0.39, 0.29) is 6.04 Å². The second kappa shape index (κ2) is 5.52. The summed E-state index contributed by atoms with van der Waals surface area (Å²) in [6.45, 7) is 5.13. The van der Waals surface area contributed by atoms with E-state index < -0.39 is 0 Å². The molecular formula is C14H16BrNO. The molecule has 1 aromatic heterocycles. The highest BCUT2D eigenvalue weighted by atomic mass is 79.9. The molecule has 2 nitrogen and oxygen atoms in total. The van der Waals surface area contributed by atoms with Gasteiger partial charge in [-0.15, -0.1) is 0 Å². The molecule has 1 heterocycles. The molecule has 1 N–H and O–H groups in total. The minimum absolute atomic E-state index is 0.200. The summed E-state index contributed by atoms with van der Waals surface area (Å²) >= 11 is 3.53. The molecule has 2 aromatic rings. The van der Waals surface area contributed by atoms with Crippen molar-refractivity contribution in [1.82, 2.24) is 5.32 Å². The van der Waals surface area contributed by atoms with Crippen LogP contribution in [0.2, 0.25) is 0 Å². The second-order valence-electron chi connectivity index (χ2n) is 4.06. The molecule has 0 aliphatic heterocycles. The quantitative estimate of drug-likeness (QED) is 0.920. The van der Waals surface area contributed by atoms with Gasteiger partial charge in [0.05, 0.1) is 18.6 Å². The molecule has 0 amide bonds. The van der Waals surface area contributed by atoms with Gasteiger partial charge in [0.25, 0.3) is 0 Å². The molecule has 0 spiro atoms. The summed E-state index contributed by atoms with van der Waals surface area (Å²) in [6.07, 6.45) is 3.51. The molecule has 0 saturated heterocycles. The van der Waals surface area contributed by atoms with Crippen molar-refractivity contribution in [2.75, 3.05) is 6.54 Å². The van der Waals surface area contributed by atoms with Crippen LogP contribution in [0.4, 0.5) is 0 Å². The number of rotatable bonds is 4. The second-order valence-corrected chi connectivity index (χ2v) is 4.91. The first-order valence-electron chi connectivity index (χ1n) is 5.74. The molecule has 3 heteroatoms. The molecule has 0 aliphatic rings. The van der Waals surface area contributed by atoms with E-state index >= 15 is 0 Å². The van der Waals surface area contributed by atoms with Crippen molar-refractivity contribution in [2.45, 2.75) is 19.9 Å². The third-order valence-electron chi connectivity index (χ3n) is 2.80. The maximum atomic E-state index is 5.17. The van der Waals surface area contributed by atoms with Crippen LogP contribution in [0, 0.1) is 6.92 Å². The zero-order valence-corrected chi connectivity index (χ0v) is 11.6. The summed E-state index contributed by atoms with van der Waals surface area (Å²) in [5, 5.41) is 3.47. The third kappa shape index (κ3) is 2.79. The lowest BCUT2D eigenvalue weighted by Gasteiger charge is -2.17. The highest BCUT2D eigenvalue weighted by molar-refractivity contribution is 9.10. The molecule has 0 fully saturated rings. The van der Waals surface area contributed by atoms with Crippen molar-refractivity contribution in [3.63, 3.8) is 0 Å². The molecular weight excluding hydrogens is 278 g/mol. The van der Waals surface area contributed by atoms with Crippen LogP contribution < -0.4 is 5.32 Å². The molecule has 0 aliphatic carbocycles. The lowest BCUT2D eigenvalue weighted by molar-refractivity contribution is 0.553. The zero-order chi connectivity index (χ0) is 12.3.